The molecule has 1 spiro atoms. The summed E-state index contributed by atoms with van der Waals surface area (Å²) in [6.45, 7) is 2.04. The van der Waals surface area contributed by atoms with E-state index in [0.29, 0.717) is 0 Å². The van der Waals surface area contributed by atoms with Gasteiger partial charge < -0.3 is 20.0 Å². The fraction of sp³-hybridized carbons (Fsp3) is 0.636. The van der Waals surface area contributed by atoms with Crippen molar-refractivity contribution in [2.45, 2.75) is 25.3 Å². The average Bonchev–Trinajstić information content (AvgIpc) is 2.58. The number of rotatable bonds is 1. The first-order chi connectivity index (χ1) is 9.35. The Morgan fingerprint density at radius 1 is 1.15 bits per heavy atom. The smallest absolute Gasteiger partial charge is 0.422 e. The van der Waals surface area contributed by atoms with Crippen molar-refractivity contribution in [1.29, 1.82) is 0 Å². The Hall–Kier alpha value is -2.32. The Kier molecular flexibility index (Phi) is 3.28. The van der Waals surface area contributed by atoms with Gasteiger partial charge in [-0.05, 0) is 19.8 Å². The molecule has 2 saturated heterocycles. The third kappa shape index (κ3) is 1.77. The van der Waals surface area contributed by atoms with Gasteiger partial charge in [-0.15, -0.1) is 0 Å². The van der Waals surface area contributed by atoms with E-state index in [9.17, 15) is 19.2 Å². The molecule has 0 aromatic heterocycles. The van der Waals surface area contributed by atoms with E-state index in [1.807, 2.05) is 0 Å². The largest absolute Gasteiger partial charge is 0.465 e. The van der Waals surface area contributed by atoms with E-state index in [4.69, 9.17) is 10.2 Å². The van der Waals surface area contributed by atoms with Crippen molar-refractivity contribution in [3.05, 3.63) is 0 Å². The number of carbonyl (C=O) groups excluding carboxylic acids is 2. The fourth-order valence-corrected chi connectivity index (χ4v) is 2.87. The quantitative estimate of drug-likeness (QED) is 0.676. The molecule has 0 unspecified atom stereocenters. The Bertz CT molecular complexity index is 483. The van der Waals surface area contributed by atoms with Gasteiger partial charge in [-0.3, -0.25) is 4.79 Å². The molecule has 0 atom stereocenters. The minimum atomic E-state index is -1.60. The van der Waals surface area contributed by atoms with Crippen LogP contribution in [0.5, 0.6) is 0 Å². The highest BCUT2D eigenvalue weighted by atomic mass is 16.4. The Morgan fingerprint density at radius 2 is 1.70 bits per heavy atom. The summed E-state index contributed by atoms with van der Waals surface area (Å²) in [5, 5.41) is 17.9. The highest BCUT2D eigenvalue weighted by molar-refractivity contribution is 6.16. The molecular formula is C11H15N3O6. The first-order valence-electron chi connectivity index (χ1n) is 6.22. The van der Waals surface area contributed by atoms with Crippen LogP contribution in [0.15, 0.2) is 0 Å². The number of urea groups is 1. The molecule has 2 aliphatic rings. The Balaban J connectivity index is 2.31. The minimum absolute atomic E-state index is 0.0955. The highest BCUT2D eigenvalue weighted by Crippen LogP contribution is 2.37. The molecule has 0 aromatic carbocycles. The SMILES string of the molecule is CCN1C(=O)N(C(=O)O)C(=O)C12CCN(C(=O)O)CC2. The number of carboxylic acid groups (broad SMARTS) is 2. The van der Waals surface area contributed by atoms with Crippen molar-refractivity contribution in [2.24, 2.45) is 0 Å². The van der Waals surface area contributed by atoms with Gasteiger partial charge in [-0.2, -0.15) is 4.90 Å². The standard InChI is InChI=1S/C11H15N3O6/c1-2-13-8(16)14(10(19)20)7(15)11(13)3-5-12(6-4-11)9(17)18/h2-6H2,1H3,(H,17,18)(H,19,20). The molecule has 0 aromatic rings. The van der Waals surface area contributed by atoms with E-state index >= 15 is 0 Å². The van der Waals surface area contributed by atoms with Gasteiger partial charge in [0.05, 0.1) is 0 Å². The molecule has 2 fully saturated rings. The average molecular weight is 285 g/mol. The van der Waals surface area contributed by atoms with Crippen molar-refractivity contribution in [3.63, 3.8) is 0 Å². The van der Waals surface area contributed by atoms with Crippen LogP contribution >= 0.6 is 0 Å². The van der Waals surface area contributed by atoms with Crippen LogP contribution < -0.4 is 0 Å². The minimum Gasteiger partial charge on any atom is -0.465 e. The van der Waals surface area contributed by atoms with Crippen molar-refractivity contribution in [3.8, 4) is 0 Å². The summed E-state index contributed by atoms with van der Waals surface area (Å²) in [5.74, 6) is -0.776. The number of imide groups is 3. The topological polar surface area (TPSA) is 118 Å². The highest BCUT2D eigenvalue weighted by Gasteiger charge is 2.59. The molecule has 0 saturated carbocycles. The summed E-state index contributed by atoms with van der Waals surface area (Å²) < 4.78 is 0. The number of likely N-dealkylation sites (tertiary alicyclic amines) is 1. The number of carbonyl (C=O) groups is 4. The van der Waals surface area contributed by atoms with Crippen LogP contribution in [0.25, 0.3) is 0 Å². The third-order valence-corrected chi connectivity index (χ3v) is 3.91. The lowest BCUT2D eigenvalue weighted by molar-refractivity contribution is -0.134. The molecule has 0 aliphatic carbocycles. The maximum atomic E-state index is 12.3. The van der Waals surface area contributed by atoms with Gasteiger partial charge in [-0.1, -0.05) is 0 Å². The monoisotopic (exact) mass is 285 g/mol. The second-order valence-corrected chi connectivity index (χ2v) is 4.75. The summed E-state index contributed by atoms with van der Waals surface area (Å²) in [7, 11) is 0. The molecule has 2 aliphatic heterocycles. The van der Waals surface area contributed by atoms with E-state index in [1.165, 1.54) is 4.90 Å². The number of hydrogen-bond donors (Lipinski definition) is 2. The van der Waals surface area contributed by atoms with Gasteiger partial charge in [0.15, 0.2) is 0 Å². The third-order valence-electron chi connectivity index (χ3n) is 3.91. The van der Waals surface area contributed by atoms with Gasteiger partial charge >= 0.3 is 18.2 Å². The van der Waals surface area contributed by atoms with Crippen LogP contribution in [0, 0.1) is 0 Å². The fourth-order valence-electron chi connectivity index (χ4n) is 2.87. The van der Waals surface area contributed by atoms with Gasteiger partial charge in [0.25, 0.3) is 5.91 Å². The van der Waals surface area contributed by atoms with Gasteiger partial charge in [-0.25, -0.2) is 14.4 Å². The summed E-state index contributed by atoms with van der Waals surface area (Å²) in [4.78, 5) is 48.8. The summed E-state index contributed by atoms with van der Waals surface area (Å²) in [5.41, 5.74) is -1.23. The zero-order valence-electron chi connectivity index (χ0n) is 10.9. The zero-order valence-corrected chi connectivity index (χ0v) is 10.9. The molecular weight excluding hydrogens is 270 g/mol. The van der Waals surface area contributed by atoms with Gasteiger partial charge in [0.1, 0.15) is 5.54 Å². The maximum absolute atomic E-state index is 12.3. The second kappa shape index (κ2) is 4.66. The molecule has 110 valence electrons. The molecule has 0 radical (unpaired) electrons. The number of amides is 5. The summed E-state index contributed by atoms with van der Waals surface area (Å²) >= 11 is 0. The molecule has 2 heterocycles. The lowest BCUT2D eigenvalue weighted by atomic mass is 9.86. The van der Waals surface area contributed by atoms with E-state index < -0.39 is 29.7 Å². The predicted molar refractivity (Wildman–Crippen MR) is 64.2 cm³/mol. The number of nitrogens with zero attached hydrogens (tertiary/aromatic N) is 3. The Labute approximate surface area is 114 Å². The second-order valence-electron chi connectivity index (χ2n) is 4.75. The number of likely N-dealkylation sites (N-methyl/N-ethyl adjacent to an activating group) is 1. The van der Waals surface area contributed by atoms with Crippen molar-refractivity contribution >= 4 is 24.1 Å². The summed E-state index contributed by atoms with van der Waals surface area (Å²) in [6, 6.07) is -0.853. The normalized spacial score (nSPS) is 21.8. The van der Waals surface area contributed by atoms with Crippen molar-refractivity contribution in [2.75, 3.05) is 19.6 Å². The van der Waals surface area contributed by atoms with Crippen LogP contribution in [-0.4, -0.2) is 74.2 Å². The van der Waals surface area contributed by atoms with E-state index in [-0.39, 0.29) is 37.4 Å². The molecule has 5 amide bonds. The van der Waals surface area contributed by atoms with E-state index in [1.54, 1.807) is 6.92 Å². The maximum Gasteiger partial charge on any atom is 0.422 e. The Morgan fingerprint density at radius 3 is 2.10 bits per heavy atom. The van der Waals surface area contributed by atoms with Crippen LogP contribution in [0.3, 0.4) is 0 Å². The molecule has 20 heavy (non-hydrogen) atoms. The first kappa shape index (κ1) is 14.1. The summed E-state index contributed by atoms with van der Waals surface area (Å²) in [6.07, 6.45) is -2.46. The molecule has 2 rings (SSSR count). The van der Waals surface area contributed by atoms with Crippen LogP contribution in [0.4, 0.5) is 14.4 Å². The first-order valence-corrected chi connectivity index (χ1v) is 6.22. The number of hydrogen-bond acceptors (Lipinski definition) is 4. The van der Waals surface area contributed by atoms with Gasteiger partial charge in [0, 0.05) is 19.6 Å². The number of piperidine rings is 1. The van der Waals surface area contributed by atoms with Gasteiger partial charge in [0.2, 0.25) is 0 Å². The lowest BCUT2D eigenvalue weighted by Crippen LogP contribution is -2.57. The molecule has 0 bridgehead atoms. The van der Waals surface area contributed by atoms with Crippen LogP contribution in [0.2, 0.25) is 0 Å². The van der Waals surface area contributed by atoms with E-state index in [0.717, 1.165) is 4.90 Å². The van der Waals surface area contributed by atoms with Crippen LogP contribution in [-0.2, 0) is 4.79 Å². The molecule has 2 N–H and O–H groups in total. The molecule has 9 heteroatoms. The lowest BCUT2D eigenvalue weighted by Gasteiger charge is -2.40. The van der Waals surface area contributed by atoms with Crippen molar-refractivity contribution in [1.82, 2.24) is 14.7 Å². The predicted octanol–water partition coefficient (Wildman–Crippen LogP) is 0.461. The van der Waals surface area contributed by atoms with Crippen LogP contribution in [0.1, 0.15) is 19.8 Å². The van der Waals surface area contributed by atoms with Crippen molar-refractivity contribution < 1.29 is 29.4 Å². The zero-order chi connectivity index (χ0) is 15.1. The van der Waals surface area contributed by atoms with E-state index in [2.05, 4.69) is 0 Å². The molecule has 9 nitrogen and oxygen atoms in total.